The monoisotopic (exact) mass is 560 g/mol. The van der Waals surface area contributed by atoms with Gasteiger partial charge in [0.2, 0.25) is 11.7 Å². The van der Waals surface area contributed by atoms with Crippen LogP contribution < -0.4 is 10.6 Å². The maximum Gasteiger partial charge on any atom is 0.229 e. The first-order chi connectivity index (χ1) is 20.4. The van der Waals surface area contributed by atoms with Crippen molar-refractivity contribution in [1.82, 2.24) is 24.8 Å². The molecule has 3 saturated carbocycles. The van der Waals surface area contributed by atoms with Gasteiger partial charge in [0.15, 0.2) is 22.8 Å². The molecule has 0 radical (unpaired) electrons. The molecule has 7 unspecified atom stereocenters. The van der Waals surface area contributed by atoms with E-state index >= 15 is 0 Å². The number of fused-ring (bicyclic) bond motifs is 4. The molecule has 0 bridgehead atoms. The van der Waals surface area contributed by atoms with Crippen molar-refractivity contribution in [2.75, 3.05) is 12.4 Å². The van der Waals surface area contributed by atoms with E-state index < -0.39 is 11.2 Å². The fourth-order valence-electron chi connectivity index (χ4n) is 7.24. The third kappa shape index (κ3) is 3.93. The van der Waals surface area contributed by atoms with Crippen LogP contribution in [0.1, 0.15) is 55.6 Å². The Morgan fingerprint density at radius 1 is 1.02 bits per heavy atom. The van der Waals surface area contributed by atoms with Crippen molar-refractivity contribution in [1.29, 1.82) is 0 Å². The molecule has 3 heterocycles. The fraction of sp³-hybridized carbons (Fsp3) is 0.394. The number of hydrogen-bond acceptors (Lipinski definition) is 7. The molecule has 2 aromatic carbocycles. The summed E-state index contributed by atoms with van der Waals surface area (Å²) in [5.41, 5.74) is 2.95. The second-order valence-corrected chi connectivity index (χ2v) is 12.3. The highest BCUT2D eigenvalue weighted by molar-refractivity contribution is 5.88. The summed E-state index contributed by atoms with van der Waals surface area (Å²) in [5.74, 6) is 7.15. The number of nitrogens with one attached hydrogen (secondary N) is 2. The number of amides is 1. The molecule has 212 valence electrons. The Hall–Kier alpha value is -4.26. The Kier molecular flexibility index (Phi) is 5.53. The fourth-order valence-corrected chi connectivity index (χ4v) is 7.24. The minimum atomic E-state index is -0.787. The molecule has 8 rings (SSSR count). The number of benzene rings is 2. The van der Waals surface area contributed by atoms with Crippen molar-refractivity contribution in [2.24, 2.45) is 11.3 Å². The molecule has 4 aromatic rings. The Balaban J connectivity index is 1.20. The van der Waals surface area contributed by atoms with Crippen LogP contribution in [0, 0.1) is 23.2 Å². The predicted molar refractivity (Wildman–Crippen MR) is 156 cm³/mol. The van der Waals surface area contributed by atoms with Crippen LogP contribution in [0.3, 0.4) is 0 Å². The van der Waals surface area contributed by atoms with Crippen LogP contribution in [-0.2, 0) is 14.3 Å². The number of ether oxygens (including phenoxy) is 2. The van der Waals surface area contributed by atoms with Crippen LogP contribution >= 0.6 is 0 Å². The number of carbonyl (C=O) groups excluding carboxylic acids is 1. The zero-order chi connectivity index (χ0) is 28.6. The van der Waals surface area contributed by atoms with Crippen LogP contribution in [0.25, 0.3) is 11.2 Å². The van der Waals surface area contributed by atoms with Gasteiger partial charge in [0.25, 0.3) is 0 Å². The first kappa shape index (κ1) is 25.5. The molecule has 0 spiro atoms. The highest BCUT2D eigenvalue weighted by atomic mass is 16.8. The average Bonchev–Trinajstić information content (AvgIpc) is 3.83. The van der Waals surface area contributed by atoms with Gasteiger partial charge in [-0.1, -0.05) is 54.5 Å². The molecule has 1 amide bonds. The van der Waals surface area contributed by atoms with Crippen LogP contribution in [0.2, 0.25) is 0 Å². The summed E-state index contributed by atoms with van der Waals surface area (Å²) < 4.78 is 14.9. The van der Waals surface area contributed by atoms with E-state index in [9.17, 15) is 4.79 Å². The molecular formula is C33H32N6O3. The van der Waals surface area contributed by atoms with E-state index in [1.165, 1.54) is 5.56 Å². The first-order valence-corrected chi connectivity index (χ1v) is 14.6. The van der Waals surface area contributed by atoms with Crippen molar-refractivity contribution in [3.8, 4) is 11.8 Å². The maximum absolute atomic E-state index is 13.2. The van der Waals surface area contributed by atoms with Crippen LogP contribution in [0.15, 0.2) is 67.0 Å². The van der Waals surface area contributed by atoms with Crippen LogP contribution in [0.4, 0.5) is 5.82 Å². The van der Waals surface area contributed by atoms with E-state index in [0.717, 1.165) is 18.4 Å². The third-order valence-corrected chi connectivity index (χ3v) is 9.27. The number of imidazole rings is 1. The summed E-state index contributed by atoms with van der Waals surface area (Å²) in [4.78, 5) is 27.8. The van der Waals surface area contributed by atoms with E-state index in [4.69, 9.17) is 24.4 Å². The Morgan fingerprint density at radius 2 is 1.79 bits per heavy atom. The molecule has 3 aliphatic carbocycles. The predicted octanol–water partition coefficient (Wildman–Crippen LogP) is 4.02. The largest absolute Gasteiger partial charge is 0.365 e. The van der Waals surface area contributed by atoms with Gasteiger partial charge in [0.05, 0.1) is 17.8 Å². The Morgan fingerprint density at radius 3 is 2.55 bits per heavy atom. The standard InChI is InChI=1S/C33H32N6O3/c1-32(2)41-27-26(22-17-33(22,28(27)42-32)31(40)34-3)39-18-35-25-29(36-23-16-21(23)20-12-8-5-9-13-20)37-24(38-30(25)39)15-14-19-10-6-4-7-11-19/h4-13,18,21-23,26-28H,16-17H2,1-3H3,(H,34,40)(H,36,37,38). The number of anilines is 1. The molecule has 9 heteroatoms. The molecule has 7 atom stereocenters. The number of rotatable bonds is 5. The van der Waals surface area contributed by atoms with Gasteiger partial charge in [-0.15, -0.1) is 0 Å². The first-order valence-electron chi connectivity index (χ1n) is 14.6. The third-order valence-electron chi connectivity index (χ3n) is 9.27. The van der Waals surface area contributed by atoms with Gasteiger partial charge in [0, 0.05) is 30.5 Å². The molecule has 4 fully saturated rings. The van der Waals surface area contributed by atoms with Gasteiger partial charge >= 0.3 is 0 Å². The second kappa shape index (κ2) is 9.12. The van der Waals surface area contributed by atoms with E-state index in [1.54, 1.807) is 7.05 Å². The topological polar surface area (TPSA) is 103 Å². The lowest BCUT2D eigenvalue weighted by Crippen LogP contribution is -2.40. The summed E-state index contributed by atoms with van der Waals surface area (Å²) >= 11 is 0. The molecule has 9 nitrogen and oxygen atoms in total. The molecule has 4 aliphatic rings. The molecule has 1 saturated heterocycles. The molecule has 42 heavy (non-hydrogen) atoms. The SMILES string of the molecule is CNC(=O)C12CC1C(n1cnc3c(NC4CC4c4ccccc4)nc(C#Cc4ccccc4)nc31)C1OC(C)(C)OC12. The van der Waals surface area contributed by atoms with Gasteiger partial charge < -0.3 is 24.7 Å². The lowest BCUT2D eigenvalue weighted by Gasteiger charge is -2.24. The lowest BCUT2D eigenvalue weighted by molar-refractivity contribution is -0.164. The number of nitrogens with zero attached hydrogens (tertiary/aromatic N) is 4. The van der Waals surface area contributed by atoms with E-state index in [2.05, 4.69) is 51.3 Å². The zero-order valence-electron chi connectivity index (χ0n) is 23.7. The number of carbonyl (C=O) groups is 1. The van der Waals surface area contributed by atoms with Crippen molar-refractivity contribution < 1.29 is 14.3 Å². The van der Waals surface area contributed by atoms with E-state index in [-0.39, 0.29) is 36.1 Å². The maximum atomic E-state index is 13.2. The summed E-state index contributed by atoms with van der Waals surface area (Å²) in [6.45, 7) is 3.81. The Labute approximate surface area is 244 Å². The number of hydrogen-bond donors (Lipinski definition) is 2. The quantitative estimate of drug-likeness (QED) is 0.356. The Bertz CT molecular complexity index is 1760. The molecule has 2 N–H and O–H groups in total. The van der Waals surface area contributed by atoms with Crippen LogP contribution in [0.5, 0.6) is 0 Å². The van der Waals surface area contributed by atoms with E-state index in [1.807, 2.05) is 56.6 Å². The van der Waals surface area contributed by atoms with Crippen molar-refractivity contribution in [2.45, 2.75) is 62.7 Å². The highest BCUT2D eigenvalue weighted by Crippen LogP contribution is 2.71. The van der Waals surface area contributed by atoms with Gasteiger partial charge in [-0.05, 0) is 50.3 Å². The van der Waals surface area contributed by atoms with Crippen LogP contribution in [-0.4, -0.2) is 56.5 Å². The number of aromatic nitrogens is 4. The summed E-state index contributed by atoms with van der Waals surface area (Å²) in [6.07, 6.45) is 2.93. The van der Waals surface area contributed by atoms with Crippen molar-refractivity contribution >= 4 is 22.9 Å². The molecule has 2 aromatic heterocycles. The molecular weight excluding hydrogens is 528 g/mol. The average molecular weight is 561 g/mol. The minimum absolute atomic E-state index is 0.00260. The summed E-state index contributed by atoms with van der Waals surface area (Å²) in [5, 5.41) is 6.53. The zero-order valence-corrected chi connectivity index (χ0v) is 23.7. The highest BCUT2D eigenvalue weighted by Gasteiger charge is 2.79. The summed E-state index contributed by atoms with van der Waals surface area (Å²) in [6, 6.07) is 20.4. The van der Waals surface area contributed by atoms with Crippen molar-refractivity contribution in [3.63, 3.8) is 0 Å². The van der Waals surface area contributed by atoms with Gasteiger partial charge in [-0.3, -0.25) is 4.79 Å². The summed E-state index contributed by atoms with van der Waals surface area (Å²) in [7, 11) is 1.69. The van der Waals surface area contributed by atoms with Gasteiger partial charge in [0.1, 0.15) is 12.2 Å². The van der Waals surface area contributed by atoms with Gasteiger partial charge in [-0.25, -0.2) is 15.0 Å². The molecule has 1 aliphatic heterocycles. The normalized spacial score (nSPS) is 31.5. The smallest absolute Gasteiger partial charge is 0.229 e. The van der Waals surface area contributed by atoms with E-state index in [0.29, 0.717) is 28.7 Å². The van der Waals surface area contributed by atoms with Gasteiger partial charge in [-0.2, -0.15) is 0 Å². The second-order valence-electron chi connectivity index (χ2n) is 12.3. The minimum Gasteiger partial charge on any atom is -0.365 e. The lowest BCUT2D eigenvalue weighted by atomic mass is 9.98. The van der Waals surface area contributed by atoms with Crippen molar-refractivity contribution in [3.05, 3.63) is 83.9 Å².